The lowest BCUT2D eigenvalue weighted by molar-refractivity contribution is -0.124. The Labute approximate surface area is 107 Å². The van der Waals surface area contributed by atoms with Crippen molar-refractivity contribution in [3.05, 3.63) is 24.3 Å². The monoisotopic (exact) mass is 250 g/mol. The van der Waals surface area contributed by atoms with Crippen LogP contribution in [0, 0.1) is 0 Å². The van der Waals surface area contributed by atoms with Crippen LogP contribution >= 0.6 is 0 Å². The maximum Gasteiger partial charge on any atom is 0.243 e. The number of amides is 2. The Bertz CT molecular complexity index is 418. The number of nitrogens with one attached hydrogen (secondary N) is 2. The van der Waals surface area contributed by atoms with E-state index in [0.29, 0.717) is 17.9 Å². The van der Waals surface area contributed by atoms with E-state index >= 15 is 0 Å². The van der Waals surface area contributed by atoms with Crippen molar-refractivity contribution >= 4 is 17.5 Å². The van der Waals surface area contributed by atoms with Crippen molar-refractivity contribution in [1.82, 2.24) is 5.32 Å². The van der Waals surface area contributed by atoms with Gasteiger partial charge in [-0.3, -0.25) is 9.59 Å². The van der Waals surface area contributed by atoms with Crippen LogP contribution in [0.5, 0.6) is 5.75 Å². The summed E-state index contributed by atoms with van der Waals surface area (Å²) in [5.41, 5.74) is 0.643. The molecule has 0 unspecified atom stereocenters. The number of ether oxygens (including phenoxy) is 1. The first-order valence-electron chi connectivity index (χ1n) is 5.86. The first kappa shape index (κ1) is 14.0. The van der Waals surface area contributed by atoms with Crippen LogP contribution in [0.2, 0.25) is 0 Å². The molecule has 0 saturated carbocycles. The molecule has 0 radical (unpaired) electrons. The van der Waals surface area contributed by atoms with Gasteiger partial charge in [-0.15, -0.1) is 0 Å². The van der Waals surface area contributed by atoms with Crippen LogP contribution in [0.4, 0.5) is 5.69 Å². The van der Waals surface area contributed by atoms with Crippen LogP contribution in [0.1, 0.15) is 19.8 Å². The average Bonchev–Trinajstić information content (AvgIpc) is 2.37. The fourth-order valence-electron chi connectivity index (χ4n) is 1.40. The Balaban J connectivity index is 2.42. The minimum absolute atomic E-state index is 0.0178. The van der Waals surface area contributed by atoms with Crippen LogP contribution in [0.3, 0.4) is 0 Å². The molecular weight excluding hydrogens is 232 g/mol. The highest BCUT2D eigenvalue weighted by atomic mass is 16.5. The molecule has 0 aliphatic heterocycles. The smallest absolute Gasteiger partial charge is 0.243 e. The van der Waals surface area contributed by atoms with Gasteiger partial charge in [0.1, 0.15) is 5.75 Å². The molecule has 1 rings (SSSR count). The second-order valence-corrected chi connectivity index (χ2v) is 3.81. The Morgan fingerprint density at radius 2 is 2.06 bits per heavy atom. The maximum atomic E-state index is 11.6. The zero-order valence-corrected chi connectivity index (χ0v) is 10.7. The predicted octanol–water partition coefficient (Wildman–Crippen LogP) is 1.55. The van der Waals surface area contributed by atoms with E-state index in [1.54, 1.807) is 31.4 Å². The normalized spacial score (nSPS) is 9.67. The van der Waals surface area contributed by atoms with Gasteiger partial charge in [-0.2, -0.15) is 0 Å². The first-order chi connectivity index (χ1) is 8.65. The second-order valence-electron chi connectivity index (χ2n) is 3.81. The van der Waals surface area contributed by atoms with E-state index in [1.807, 2.05) is 6.92 Å². The van der Waals surface area contributed by atoms with Gasteiger partial charge < -0.3 is 15.4 Å². The van der Waals surface area contributed by atoms with Crippen molar-refractivity contribution in [1.29, 1.82) is 0 Å². The molecule has 5 nitrogen and oxygen atoms in total. The topological polar surface area (TPSA) is 67.4 Å². The Hall–Kier alpha value is -2.04. The second kappa shape index (κ2) is 7.32. The third-order valence-corrected chi connectivity index (χ3v) is 2.28. The van der Waals surface area contributed by atoms with Crippen LogP contribution < -0.4 is 15.4 Å². The number of methoxy groups -OCH3 is 1. The van der Waals surface area contributed by atoms with E-state index in [1.165, 1.54) is 0 Å². The van der Waals surface area contributed by atoms with Crippen LogP contribution in [-0.2, 0) is 9.59 Å². The molecule has 0 saturated heterocycles. The van der Waals surface area contributed by atoms with Gasteiger partial charge in [0, 0.05) is 18.2 Å². The summed E-state index contributed by atoms with van der Waals surface area (Å²) in [4.78, 5) is 22.7. The number of hydrogen-bond donors (Lipinski definition) is 2. The highest BCUT2D eigenvalue weighted by Crippen LogP contribution is 2.16. The molecular formula is C13H18N2O3. The zero-order valence-electron chi connectivity index (χ0n) is 10.7. The number of anilines is 1. The largest absolute Gasteiger partial charge is 0.497 e. The van der Waals surface area contributed by atoms with Gasteiger partial charge in [-0.25, -0.2) is 0 Å². The molecule has 98 valence electrons. The summed E-state index contributed by atoms with van der Waals surface area (Å²) in [6.07, 6.45) is 1.20. The molecule has 1 aromatic carbocycles. The summed E-state index contributed by atoms with van der Waals surface area (Å²) < 4.78 is 5.05. The van der Waals surface area contributed by atoms with E-state index in [2.05, 4.69) is 10.6 Å². The molecule has 2 N–H and O–H groups in total. The standard InChI is InChI=1S/C13H18N2O3/c1-3-5-12(16)14-9-13(17)15-10-6-4-7-11(8-10)18-2/h4,6-8H,3,5,9H2,1-2H3,(H,14,16)(H,15,17). The molecule has 1 aromatic rings. The minimum atomic E-state index is -0.257. The first-order valence-corrected chi connectivity index (χ1v) is 5.86. The SMILES string of the molecule is CCCC(=O)NCC(=O)Nc1cccc(OC)c1. The third-order valence-electron chi connectivity index (χ3n) is 2.28. The van der Waals surface area contributed by atoms with Crippen LogP contribution in [-0.4, -0.2) is 25.5 Å². The zero-order chi connectivity index (χ0) is 13.4. The molecule has 0 spiro atoms. The number of benzene rings is 1. The van der Waals surface area contributed by atoms with E-state index in [0.717, 1.165) is 6.42 Å². The number of carbonyl (C=O) groups excluding carboxylic acids is 2. The molecule has 0 fully saturated rings. The maximum absolute atomic E-state index is 11.6. The van der Waals surface area contributed by atoms with Crippen molar-refractivity contribution in [2.24, 2.45) is 0 Å². The summed E-state index contributed by atoms with van der Waals surface area (Å²) in [5.74, 6) is 0.300. The molecule has 0 aliphatic carbocycles. The fraction of sp³-hybridized carbons (Fsp3) is 0.385. The number of rotatable bonds is 6. The van der Waals surface area contributed by atoms with Gasteiger partial charge >= 0.3 is 0 Å². The fourth-order valence-corrected chi connectivity index (χ4v) is 1.40. The van der Waals surface area contributed by atoms with Gasteiger partial charge in [-0.1, -0.05) is 13.0 Å². The molecule has 5 heteroatoms. The van der Waals surface area contributed by atoms with E-state index in [4.69, 9.17) is 4.74 Å². The van der Waals surface area contributed by atoms with Gasteiger partial charge in [0.2, 0.25) is 11.8 Å². The predicted molar refractivity (Wildman–Crippen MR) is 69.5 cm³/mol. The average molecular weight is 250 g/mol. The summed E-state index contributed by atoms with van der Waals surface area (Å²) >= 11 is 0. The molecule has 0 bridgehead atoms. The molecule has 2 amide bonds. The Morgan fingerprint density at radius 1 is 1.28 bits per heavy atom. The van der Waals surface area contributed by atoms with E-state index in [9.17, 15) is 9.59 Å². The highest BCUT2D eigenvalue weighted by molar-refractivity contribution is 5.94. The van der Waals surface area contributed by atoms with Gasteiger partial charge in [0.05, 0.1) is 13.7 Å². The molecule has 0 atom stereocenters. The van der Waals surface area contributed by atoms with Crippen molar-refractivity contribution in [2.75, 3.05) is 19.0 Å². The quantitative estimate of drug-likeness (QED) is 0.805. The Kier molecular flexibility index (Phi) is 5.70. The summed E-state index contributed by atoms with van der Waals surface area (Å²) in [7, 11) is 1.56. The van der Waals surface area contributed by atoms with Crippen molar-refractivity contribution in [2.45, 2.75) is 19.8 Å². The highest BCUT2D eigenvalue weighted by Gasteiger charge is 2.05. The van der Waals surface area contributed by atoms with Crippen LogP contribution in [0.25, 0.3) is 0 Å². The summed E-state index contributed by atoms with van der Waals surface area (Å²) in [6, 6.07) is 7.04. The number of hydrogen-bond acceptors (Lipinski definition) is 3. The lowest BCUT2D eigenvalue weighted by Crippen LogP contribution is -2.32. The van der Waals surface area contributed by atoms with E-state index < -0.39 is 0 Å². The van der Waals surface area contributed by atoms with Gasteiger partial charge in [0.15, 0.2) is 0 Å². The van der Waals surface area contributed by atoms with Gasteiger partial charge in [-0.05, 0) is 18.6 Å². The molecule has 0 aliphatic rings. The molecule has 0 aromatic heterocycles. The molecule has 18 heavy (non-hydrogen) atoms. The van der Waals surface area contributed by atoms with Crippen molar-refractivity contribution < 1.29 is 14.3 Å². The lowest BCUT2D eigenvalue weighted by atomic mass is 10.3. The lowest BCUT2D eigenvalue weighted by Gasteiger charge is -2.07. The minimum Gasteiger partial charge on any atom is -0.497 e. The Morgan fingerprint density at radius 3 is 2.72 bits per heavy atom. The van der Waals surface area contributed by atoms with E-state index in [-0.39, 0.29) is 18.4 Å². The van der Waals surface area contributed by atoms with Crippen molar-refractivity contribution in [3.8, 4) is 5.75 Å². The van der Waals surface area contributed by atoms with Gasteiger partial charge in [0.25, 0.3) is 0 Å². The molecule has 0 heterocycles. The van der Waals surface area contributed by atoms with Crippen molar-refractivity contribution in [3.63, 3.8) is 0 Å². The third kappa shape index (κ3) is 4.86. The summed E-state index contributed by atoms with van der Waals surface area (Å²) in [5, 5.41) is 5.23. The van der Waals surface area contributed by atoms with Crippen LogP contribution in [0.15, 0.2) is 24.3 Å². The summed E-state index contributed by atoms with van der Waals surface area (Å²) in [6.45, 7) is 1.89. The number of carbonyl (C=O) groups is 2.